The van der Waals surface area contributed by atoms with Gasteiger partial charge in [-0.1, -0.05) is 44.2 Å². The van der Waals surface area contributed by atoms with Gasteiger partial charge in [0, 0.05) is 5.56 Å². The number of carbonyl (C=O) groups excluding carboxylic acids is 1. The van der Waals surface area contributed by atoms with Crippen LogP contribution in [0.1, 0.15) is 25.8 Å². The van der Waals surface area contributed by atoms with Crippen LogP contribution in [0, 0.1) is 5.92 Å². The van der Waals surface area contributed by atoms with Crippen LogP contribution in [-0.2, 0) is 15.5 Å². The maximum absolute atomic E-state index is 13.9. The van der Waals surface area contributed by atoms with Crippen LogP contribution in [-0.4, -0.2) is 23.0 Å². The summed E-state index contributed by atoms with van der Waals surface area (Å²) in [4.78, 5) is 22.6. The summed E-state index contributed by atoms with van der Waals surface area (Å²) < 4.78 is 27.8. The first kappa shape index (κ1) is 16.1. The molecular formula is C14H17F2NO3. The zero-order chi connectivity index (χ0) is 15.3. The highest BCUT2D eigenvalue weighted by Crippen LogP contribution is 2.28. The average Bonchev–Trinajstić information content (AvgIpc) is 2.38. The van der Waals surface area contributed by atoms with E-state index in [-0.39, 0.29) is 12.3 Å². The second-order valence-corrected chi connectivity index (χ2v) is 4.93. The van der Waals surface area contributed by atoms with E-state index in [2.05, 4.69) is 0 Å². The van der Waals surface area contributed by atoms with Gasteiger partial charge in [0.25, 0.3) is 5.91 Å². The fourth-order valence-corrected chi connectivity index (χ4v) is 1.72. The number of carboxylic acids is 1. The number of hydrogen-bond donors (Lipinski definition) is 2. The molecule has 0 aliphatic heterocycles. The Kier molecular flexibility index (Phi) is 5.19. The summed E-state index contributed by atoms with van der Waals surface area (Å²) in [5.74, 6) is -6.72. The minimum atomic E-state index is -3.76. The Bertz CT molecular complexity index is 475. The van der Waals surface area contributed by atoms with E-state index in [4.69, 9.17) is 5.11 Å². The van der Waals surface area contributed by atoms with Gasteiger partial charge < -0.3 is 10.4 Å². The molecule has 1 rings (SSSR count). The predicted molar refractivity (Wildman–Crippen MR) is 69.4 cm³/mol. The number of carbonyl (C=O) groups is 2. The third kappa shape index (κ3) is 4.01. The SMILES string of the molecule is CC(C)CC(NC(=O)C(F)(F)c1ccccc1)C(=O)O. The first-order valence-corrected chi connectivity index (χ1v) is 6.22. The molecule has 0 saturated carbocycles. The van der Waals surface area contributed by atoms with E-state index in [1.54, 1.807) is 19.9 Å². The highest BCUT2D eigenvalue weighted by molar-refractivity contribution is 5.88. The molecule has 110 valence electrons. The van der Waals surface area contributed by atoms with E-state index >= 15 is 0 Å². The minimum absolute atomic E-state index is 0.0400. The van der Waals surface area contributed by atoms with Gasteiger partial charge in [-0.15, -0.1) is 0 Å². The van der Waals surface area contributed by atoms with Crippen molar-refractivity contribution in [1.82, 2.24) is 5.32 Å². The lowest BCUT2D eigenvalue weighted by molar-refractivity contribution is -0.152. The van der Waals surface area contributed by atoms with Crippen LogP contribution < -0.4 is 5.32 Å². The number of rotatable bonds is 6. The van der Waals surface area contributed by atoms with Gasteiger partial charge in [-0.3, -0.25) is 4.79 Å². The Morgan fingerprint density at radius 1 is 1.25 bits per heavy atom. The second-order valence-electron chi connectivity index (χ2n) is 4.93. The molecule has 0 radical (unpaired) electrons. The fourth-order valence-electron chi connectivity index (χ4n) is 1.72. The van der Waals surface area contributed by atoms with E-state index < -0.39 is 29.4 Å². The quantitative estimate of drug-likeness (QED) is 0.843. The fraction of sp³-hybridized carbons (Fsp3) is 0.429. The van der Waals surface area contributed by atoms with Crippen LogP contribution in [0.5, 0.6) is 0 Å². The first-order valence-electron chi connectivity index (χ1n) is 6.22. The largest absolute Gasteiger partial charge is 0.480 e. The normalized spacial score (nSPS) is 13.1. The zero-order valence-corrected chi connectivity index (χ0v) is 11.3. The van der Waals surface area contributed by atoms with Crippen LogP contribution >= 0.6 is 0 Å². The van der Waals surface area contributed by atoms with E-state index in [0.717, 1.165) is 12.1 Å². The van der Waals surface area contributed by atoms with E-state index in [1.807, 2.05) is 5.32 Å². The highest BCUT2D eigenvalue weighted by Gasteiger charge is 2.42. The molecule has 0 bridgehead atoms. The lowest BCUT2D eigenvalue weighted by Crippen LogP contribution is -2.47. The number of benzene rings is 1. The van der Waals surface area contributed by atoms with E-state index in [0.29, 0.717) is 0 Å². The Hall–Kier alpha value is -1.98. The van der Waals surface area contributed by atoms with Crippen LogP contribution in [0.2, 0.25) is 0 Å². The van der Waals surface area contributed by atoms with Gasteiger partial charge in [0.1, 0.15) is 6.04 Å². The van der Waals surface area contributed by atoms with Crippen LogP contribution in [0.25, 0.3) is 0 Å². The maximum Gasteiger partial charge on any atom is 0.349 e. The molecule has 4 nitrogen and oxygen atoms in total. The molecule has 0 saturated heterocycles. The molecule has 1 amide bonds. The molecule has 1 aromatic carbocycles. The van der Waals surface area contributed by atoms with E-state index in [1.165, 1.54) is 12.1 Å². The van der Waals surface area contributed by atoms with Gasteiger partial charge in [0.2, 0.25) is 0 Å². The van der Waals surface area contributed by atoms with Crippen LogP contribution in [0.3, 0.4) is 0 Å². The second kappa shape index (κ2) is 6.45. The summed E-state index contributed by atoms with van der Waals surface area (Å²) in [5.41, 5.74) is -0.466. The van der Waals surface area contributed by atoms with Crippen molar-refractivity contribution >= 4 is 11.9 Å². The van der Waals surface area contributed by atoms with Crippen molar-refractivity contribution in [2.24, 2.45) is 5.92 Å². The van der Waals surface area contributed by atoms with Gasteiger partial charge in [-0.2, -0.15) is 8.78 Å². The molecule has 1 atom stereocenters. The number of nitrogens with one attached hydrogen (secondary N) is 1. The summed E-state index contributed by atoms with van der Waals surface area (Å²) in [6.07, 6.45) is 0.0892. The topological polar surface area (TPSA) is 66.4 Å². The smallest absolute Gasteiger partial charge is 0.349 e. The molecule has 0 heterocycles. The number of amides is 1. The lowest BCUT2D eigenvalue weighted by atomic mass is 10.0. The van der Waals surface area contributed by atoms with Crippen molar-refractivity contribution in [3.05, 3.63) is 35.9 Å². The summed E-state index contributed by atoms with van der Waals surface area (Å²) in [7, 11) is 0. The molecule has 0 aliphatic rings. The third-order valence-corrected chi connectivity index (χ3v) is 2.73. The maximum atomic E-state index is 13.9. The average molecular weight is 285 g/mol. The number of alkyl halides is 2. The molecule has 0 aliphatic carbocycles. The standard InChI is InChI=1S/C14H17F2NO3/c1-9(2)8-11(12(18)19)17-13(20)14(15,16)10-6-4-3-5-7-10/h3-7,9,11H,8H2,1-2H3,(H,17,20)(H,18,19). The van der Waals surface area contributed by atoms with Crippen molar-refractivity contribution in [1.29, 1.82) is 0 Å². The van der Waals surface area contributed by atoms with Gasteiger partial charge in [-0.05, 0) is 12.3 Å². The molecule has 1 unspecified atom stereocenters. The number of aliphatic carboxylic acids is 1. The van der Waals surface area contributed by atoms with Gasteiger partial charge in [0.15, 0.2) is 0 Å². The van der Waals surface area contributed by atoms with Crippen molar-refractivity contribution in [2.45, 2.75) is 32.2 Å². The molecule has 0 aromatic heterocycles. The van der Waals surface area contributed by atoms with Gasteiger partial charge in [0.05, 0.1) is 0 Å². The molecule has 20 heavy (non-hydrogen) atoms. The van der Waals surface area contributed by atoms with Crippen molar-refractivity contribution in [2.75, 3.05) is 0 Å². The van der Waals surface area contributed by atoms with Crippen LogP contribution in [0.15, 0.2) is 30.3 Å². The van der Waals surface area contributed by atoms with Crippen molar-refractivity contribution < 1.29 is 23.5 Å². The molecule has 2 N–H and O–H groups in total. The summed E-state index contributed by atoms with van der Waals surface area (Å²) >= 11 is 0. The highest BCUT2D eigenvalue weighted by atomic mass is 19.3. The Morgan fingerprint density at radius 3 is 2.25 bits per heavy atom. The Balaban J connectivity index is 2.85. The number of carboxylic acid groups (broad SMARTS) is 1. The van der Waals surface area contributed by atoms with Crippen molar-refractivity contribution in [3.8, 4) is 0 Å². The monoisotopic (exact) mass is 285 g/mol. The summed E-state index contributed by atoms with van der Waals surface area (Å²) in [6, 6.07) is 5.25. The van der Waals surface area contributed by atoms with E-state index in [9.17, 15) is 18.4 Å². The third-order valence-electron chi connectivity index (χ3n) is 2.73. The molecule has 0 spiro atoms. The van der Waals surface area contributed by atoms with Gasteiger partial charge >= 0.3 is 11.9 Å². The van der Waals surface area contributed by atoms with Gasteiger partial charge in [-0.25, -0.2) is 4.79 Å². The first-order chi connectivity index (χ1) is 9.25. The molecule has 6 heteroatoms. The van der Waals surface area contributed by atoms with Crippen molar-refractivity contribution in [3.63, 3.8) is 0 Å². The molecule has 1 aromatic rings. The lowest BCUT2D eigenvalue weighted by Gasteiger charge is -2.21. The molecular weight excluding hydrogens is 268 g/mol. The summed E-state index contributed by atoms with van der Waals surface area (Å²) in [5, 5.41) is 10.8. The predicted octanol–water partition coefficient (Wildman–Crippen LogP) is 2.39. The Morgan fingerprint density at radius 2 is 1.80 bits per heavy atom. The molecule has 0 fully saturated rings. The summed E-state index contributed by atoms with van der Waals surface area (Å²) in [6.45, 7) is 3.49. The zero-order valence-electron chi connectivity index (χ0n) is 11.3. The van der Waals surface area contributed by atoms with Crippen LogP contribution in [0.4, 0.5) is 8.78 Å². The minimum Gasteiger partial charge on any atom is -0.480 e. The number of halogens is 2. The Labute approximate surface area is 115 Å². The number of hydrogen-bond acceptors (Lipinski definition) is 2.